The highest BCUT2D eigenvalue weighted by Crippen LogP contribution is 2.50. The fourth-order valence-corrected chi connectivity index (χ4v) is 5.96. The summed E-state index contributed by atoms with van der Waals surface area (Å²) in [5.74, 6) is 0. The van der Waals surface area contributed by atoms with Crippen LogP contribution in [0.2, 0.25) is 0 Å². The van der Waals surface area contributed by atoms with E-state index in [1.165, 1.54) is 0 Å². The second kappa shape index (κ2) is 8.61. The normalized spacial score (nSPS) is 11.1. The van der Waals surface area contributed by atoms with Crippen LogP contribution >= 0.6 is 7.29 Å². The molecule has 4 aromatic rings. The molecule has 30 heavy (non-hydrogen) atoms. The van der Waals surface area contributed by atoms with Crippen LogP contribution in [-0.2, 0) is 4.57 Å². The lowest BCUT2D eigenvalue weighted by molar-refractivity contribution is 0.586. The van der Waals surface area contributed by atoms with Gasteiger partial charge in [-0.25, -0.2) is 4.78 Å². The SMILES string of the molecule is Cc1ccc(P(=O)(c2ccc(C)cc2)N(Nc2ccccc2)c2ccccc2)cc1. The fraction of sp³-hybridized carbons (Fsp3) is 0.0769. The van der Waals surface area contributed by atoms with E-state index in [-0.39, 0.29) is 0 Å². The monoisotopic (exact) mass is 412 g/mol. The van der Waals surface area contributed by atoms with E-state index in [4.69, 9.17) is 0 Å². The minimum absolute atomic E-state index is 0.782. The average molecular weight is 412 g/mol. The first-order valence-corrected chi connectivity index (χ1v) is 11.7. The summed E-state index contributed by atoms with van der Waals surface area (Å²) in [6, 6.07) is 35.6. The van der Waals surface area contributed by atoms with Crippen molar-refractivity contribution < 1.29 is 4.57 Å². The van der Waals surface area contributed by atoms with Crippen molar-refractivity contribution in [1.82, 2.24) is 0 Å². The molecule has 0 saturated carbocycles. The molecule has 0 fully saturated rings. The molecule has 0 aliphatic carbocycles. The van der Waals surface area contributed by atoms with Gasteiger partial charge in [0, 0.05) is 10.6 Å². The van der Waals surface area contributed by atoms with Crippen molar-refractivity contribution in [3.8, 4) is 0 Å². The zero-order valence-electron chi connectivity index (χ0n) is 17.2. The Kier molecular flexibility index (Phi) is 5.74. The highest BCUT2D eigenvalue weighted by atomic mass is 31.2. The Balaban J connectivity index is 1.94. The van der Waals surface area contributed by atoms with Gasteiger partial charge in [-0.2, -0.15) is 0 Å². The third kappa shape index (κ3) is 4.03. The van der Waals surface area contributed by atoms with E-state index in [2.05, 4.69) is 5.43 Å². The van der Waals surface area contributed by atoms with E-state index in [0.29, 0.717) is 0 Å². The fourth-order valence-electron chi connectivity index (χ4n) is 3.38. The van der Waals surface area contributed by atoms with E-state index in [9.17, 15) is 0 Å². The number of hydrogen-bond donors (Lipinski definition) is 1. The van der Waals surface area contributed by atoms with Crippen molar-refractivity contribution in [2.45, 2.75) is 13.8 Å². The number of anilines is 2. The number of nitrogens with one attached hydrogen (secondary N) is 1. The quantitative estimate of drug-likeness (QED) is 0.308. The van der Waals surface area contributed by atoms with Gasteiger partial charge in [0.05, 0.1) is 11.4 Å². The van der Waals surface area contributed by atoms with Crippen LogP contribution in [0, 0.1) is 13.8 Å². The van der Waals surface area contributed by atoms with Gasteiger partial charge in [-0.05, 0) is 62.4 Å². The van der Waals surface area contributed by atoms with Crippen LogP contribution in [0.5, 0.6) is 0 Å². The molecular weight excluding hydrogens is 387 g/mol. The van der Waals surface area contributed by atoms with E-state index >= 15 is 4.57 Å². The van der Waals surface area contributed by atoms with Gasteiger partial charge in [-0.1, -0.05) is 71.8 Å². The zero-order chi connectivity index (χ0) is 21.0. The van der Waals surface area contributed by atoms with Crippen LogP contribution in [0.15, 0.2) is 109 Å². The number of hydrogen-bond acceptors (Lipinski definition) is 2. The van der Waals surface area contributed by atoms with E-state index in [1.807, 2.05) is 128 Å². The van der Waals surface area contributed by atoms with Crippen LogP contribution in [0.1, 0.15) is 11.1 Å². The number of hydrazine groups is 1. The van der Waals surface area contributed by atoms with Crippen molar-refractivity contribution in [3.05, 3.63) is 120 Å². The highest BCUT2D eigenvalue weighted by Gasteiger charge is 2.35. The average Bonchev–Trinajstić information content (AvgIpc) is 2.79. The third-order valence-electron chi connectivity index (χ3n) is 5.06. The first-order valence-electron chi connectivity index (χ1n) is 9.99. The maximum atomic E-state index is 15.0. The van der Waals surface area contributed by atoms with Gasteiger partial charge in [0.25, 0.3) is 0 Å². The van der Waals surface area contributed by atoms with Crippen LogP contribution in [0.25, 0.3) is 0 Å². The van der Waals surface area contributed by atoms with Crippen molar-refractivity contribution in [2.24, 2.45) is 0 Å². The number of aryl methyl sites for hydroxylation is 2. The minimum Gasteiger partial charge on any atom is -0.292 e. The minimum atomic E-state index is -3.24. The molecule has 1 N–H and O–H groups in total. The predicted octanol–water partition coefficient (Wildman–Crippen LogP) is 6.07. The molecule has 0 aliphatic rings. The van der Waals surface area contributed by atoms with Gasteiger partial charge in [0.2, 0.25) is 7.29 Å². The largest absolute Gasteiger partial charge is 0.292 e. The number of rotatable bonds is 6. The van der Waals surface area contributed by atoms with Gasteiger partial charge in [-0.15, -0.1) is 0 Å². The summed E-state index contributed by atoms with van der Waals surface area (Å²) in [6.07, 6.45) is 0. The molecular formula is C26H25N2OP. The number of benzene rings is 4. The molecule has 0 aromatic heterocycles. The van der Waals surface area contributed by atoms with Gasteiger partial charge in [-0.3, -0.25) is 9.99 Å². The molecule has 150 valence electrons. The molecule has 0 bridgehead atoms. The van der Waals surface area contributed by atoms with Crippen molar-refractivity contribution in [1.29, 1.82) is 0 Å². The molecule has 0 atom stereocenters. The van der Waals surface area contributed by atoms with Gasteiger partial charge >= 0.3 is 0 Å². The summed E-state index contributed by atoms with van der Waals surface area (Å²) >= 11 is 0. The highest BCUT2D eigenvalue weighted by molar-refractivity contribution is 7.80. The molecule has 0 heterocycles. The van der Waals surface area contributed by atoms with E-state index < -0.39 is 7.29 Å². The summed E-state index contributed by atoms with van der Waals surface area (Å²) in [7, 11) is -3.24. The summed E-state index contributed by atoms with van der Waals surface area (Å²) < 4.78 is 16.8. The standard InChI is InChI=1S/C26H25N2OP/c1-21-13-17-25(18-14-21)30(29,26-19-15-22(2)16-20-26)28(24-11-7-4-8-12-24)27-23-9-5-3-6-10-23/h3-20,27H,1-2H3. The van der Waals surface area contributed by atoms with Gasteiger partial charge in [0.1, 0.15) is 0 Å². The maximum Gasteiger partial charge on any atom is 0.247 e. The molecule has 4 rings (SSSR count). The Hall–Kier alpha value is -3.29. The topological polar surface area (TPSA) is 32.3 Å². The zero-order valence-corrected chi connectivity index (χ0v) is 18.1. The number of para-hydroxylation sites is 2. The van der Waals surface area contributed by atoms with E-state index in [0.717, 1.165) is 33.1 Å². The first-order chi connectivity index (χ1) is 14.6. The lowest BCUT2D eigenvalue weighted by Gasteiger charge is -2.35. The molecule has 4 heteroatoms. The van der Waals surface area contributed by atoms with Gasteiger partial charge in [0.15, 0.2) is 0 Å². The van der Waals surface area contributed by atoms with E-state index in [1.54, 1.807) is 0 Å². The molecule has 0 saturated heterocycles. The summed E-state index contributed by atoms with van der Waals surface area (Å²) in [6.45, 7) is 4.08. The van der Waals surface area contributed by atoms with Crippen molar-refractivity contribution in [3.63, 3.8) is 0 Å². The second-order valence-corrected chi connectivity index (χ2v) is 9.96. The molecule has 0 unspecified atom stereocenters. The molecule has 4 aromatic carbocycles. The van der Waals surface area contributed by atoms with Crippen LogP contribution in [-0.4, -0.2) is 0 Å². The molecule has 3 nitrogen and oxygen atoms in total. The summed E-state index contributed by atoms with van der Waals surface area (Å²) in [5, 5.41) is 1.56. The van der Waals surface area contributed by atoms with Crippen LogP contribution in [0.4, 0.5) is 11.4 Å². The third-order valence-corrected chi connectivity index (χ3v) is 7.95. The number of nitrogens with zero attached hydrogens (tertiary/aromatic N) is 1. The lowest BCUT2D eigenvalue weighted by atomic mass is 10.2. The summed E-state index contributed by atoms with van der Waals surface area (Å²) in [4.78, 5) is 0. The smallest absolute Gasteiger partial charge is 0.247 e. The Labute approximate surface area is 178 Å². The molecule has 0 amide bonds. The maximum absolute atomic E-state index is 15.0. The van der Waals surface area contributed by atoms with Crippen molar-refractivity contribution in [2.75, 3.05) is 10.2 Å². The lowest BCUT2D eigenvalue weighted by Crippen LogP contribution is -2.36. The second-order valence-electron chi connectivity index (χ2n) is 7.37. The molecule has 0 radical (unpaired) electrons. The van der Waals surface area contributed by atoms with Gasteiger partial charge < -0.3 is 0 Å². The summed E-state index contributed by atoms with van der Waals surface area (Å²) in [5.41, 5.74) is 7.42. The van der Waals surface area contributed by atoms with Crippen molar-refractivity contribution >= 4 is 29.3 Å². The van der Waals surface area contributed by atoms with Crippen LogP contribution < -0.4 is 20.8 Å². The molecule has 0 aliphatic heterocycles. The Morgan fingerprint density at radius 1 is 0.600 bits per heavy atom. The Morgan fingerprint density at radius 2 is 1.03 bits per heavy atom. The predicted molar refractivity (Wildman–Crippen MR) is 128 cm³/mol. The Morgan fingerprint density at radius 3 is 1.50 bits per heavy atom. The first kappa shape index (κ1) is 20.0. The Bertz CT molecular complexity index is 1090. The molecule has 0 spiro atoms. The van der Waals surface area contributed by atoms with Crippen LogP contribution in [0.3, 0.4) is 0 Å².